The molecule has 0 aliphatic heterocycles. The van der Waals surface area contributed by atoms with Gasteiger partial charge in [-0.3, -0.25) is 4.79 Å². The number of carbonyl (C=O) groups is 2. The predicted octanol–water partition coefficient (Wildman–Crippen LogP) is 6.92. The third kappa shape index (κ3) is 5.54. The van der Waals surface area contributed by atoms with E-state index in [1.54, 1.807) is 44.2 Å². The van der Waals surface area contributed by atoms with E-state index in [9.17, 15) is 9.59 Å². The molecule has 4 rings (SSSR count). The second-order valence-electron chi connectivity index (χ2n) is 7.95. The Bertz CT molecular complexity index is 1180. The van der Waals surface area contributed by atoms with Gasteiger partial charge in [-0.25, -0.2) is 4.79 Å². The molecule has 0 fully saturated rings. The fourth-order valence-electron chi connectivity index (χ4n) is 3.63. The van der Waals surface area contributed by atoms with Crippen molar-refractivity contribution in [3.8, 4) is 5.75 Å². The van der Waals surface area contributed by atoms with Crippen LogP contribution < -0.4 is 10.1 Å². The first-order chi connectivity index (χ1) is 15.8. The molecule has 174 valence electrons. The summed E-state index contributed by atoms with van der Waals surface area (Å²) >= 11 is 13.4. The summed E-state index contributed by atoms with van der Waals surface area (Å²) in [7, 11) is 0. The second kappa shape index (κ2) is 10.2. The van der Waals surface area contributed by atoms with Crippen molar-refractivity contribution in [3.63, 3.8) is 0 Å². The van der Waals surface area contributed by atoms with E-state index in [-0.39, 0.29) is 18.5 Å². The molecule has 6 nitrogen and oxygen atoms in total. The average molecular weight is 508 g/mol. The molecule has 0 unspecified atom stereocenters. The Labute approximate surface area is 205 Å². The monoisotopic (exact) mass is 507 g/mol. The smallest absolute Gasteiger partial charge is 0.341 e. The normalized spacial score (nSPS) is 13.0. The molecule has 3 aromatic rings. The molecule has 1 aromatic carbocycles. The largest absolute Gasteiger partial charge is 0.484 e. The lowest BCUT2D eigenvalue weighted by Crippen LogP contribution is -2.17. The minimum atomic E-state index is -0.442. The molecule has 0 saturated carbocycles. The zero-order chi connectivity index (χ0) is 23.5. The number of hydrogen-bond donors (Lipinski definition) is 1. The van der Waals surface area contributed by atoms with E-state index in [0.717, 1.165) is 36.1 Å². The fraction of sp³-hybridized carbons (Fsp3) is 0.333. The Hall–Kier alpha value is -2.48. The number of ether oxygens (including phenoxy) is 2. The number of furan rings is 1. The van der Waals surface area contributed by atoms with Gasteiger partial charge in [0, 0.05) is 9.90 Å². The SMILES string of the molecule is CC(C)OC(=O)c1c(NC(=O)c2ccc(COc3ccc(Cl)cc3Cl)o2)sc2c1CCCC2. The van der Waals surface area contributed by atoms with Crippen LogP contribution in [0.3, 0.4) is 0 Å². The molecule has 0 saturated heterocycles. The van der Waals surface area contributed by atoms with Gasteiger partial charge in [-0.1, -0.05) is 23.2 Å². The van der Waals surface area contributed by atoms with Crippen LogP contribution in [0.25, 0.3) is 0 Å². The van der Waals surface area contributed by atoms with E-state index in [1.165, 1.54) is 11.3 Å². The number of fused-ring (bicyclic) bond motifs is 1. The lowest BCUT2D eigenvalue weighted by atomic mass is 9.95. The minimum Gasteiger partial charge on any atom is -0.484 e. The molecular formula is C24H23Cl2NO5S. The highest BCUT2D eigenvalue weighted by molar-refractivity contribution is 7.17. The topological polar surface area (TPSA) is 77.8 Å². The van der Waals surface area contributed by atoms with Crippen LogP contribution in [0.15, 0.2) is 34.7 Å². The number of halogens is 2. The first-order valence-corrected chi connectivity index (χ1v) is 12.2. The van der Waals surface area contributed by atoms with Crippen molar-refractivity contribution >= 4 is 51.4 Å². The molecule has 1 N–H and O–H groups in total. The molecular weight excluding hydrogens is 485 g/mol. The zero-order valence-electron chi connectivity index (χ0n) is 18.2. The number of nitrogens with one attached hydrogen (secondary N) is 1. The van der Waals surface area contributed by atoms with E-state index in [1.807, 2.05) is 0 Å². The van der Waals surface area contributed by atoms with E-state index in [0.29, 0.717) is 32.1 Å². The van der Waals surface area contributed by atoms with Gasteiger partial charge in [0.15, 0.2) is 5.76 Å². The van der Waals surface area contributed by atoms with Crippen LogP contribution in [0, 0.1) is 0 Å². The predicted molar refractivity (Wildman–Crippen MR) is 129 cm³/mol. The highest BCUT2D eigenvalue weighted by atomic mass is 35.5. The molecule has 0 atom stereocenters. The van der Waals surface area contributed by atoms with Gasteiger partial charge < -0.3 is 19.2 Å². The molecule has 1 aliphatic rings. The molecule has 1 aliphatic carbocycles. The maximum Gasteiger partial charge on any atom is 0.341 e. The number of thiophene rings is 1. The number of hydrogen-bond acceptors (Lipinski definition) is 6. The van der Waals surface area contributed by atoms with Gasteiger partial charge in [-0.2, -0.15) is 0 Å². The Morgan fingerprint density at radius 1 is 1.15 bits per heavy atom. The first-order valence-electron chi connectivity index (χ1n) is 10.6. The fourth-order valence-corrected chi connectivity index (χ4v) is 5.36. The summed E-state index contributed by atoms with van der Waals surface area (Å²) in [5.41, 5.74) is 1.45. The Kier molecular flexibility index (Phi) is 7.32. The van der Waals surface area contributed by atoms with E-state index in [2.05, 4.69) is 5.32 Å². The van der Waals surface area contributed by atoms with E-state index in [4.69, 9.17) is 37.1 Å². The van der Waals surface area contributed by atoms with Crippen molar-refractivity contribution in [1.82, 2.24) is 0 Å². The molecule has 9 heteroatoms. The maximum atomic E-state index is 12.9. The summed E-state index contributed by atoms with van der Waals surface area (Å²) in [5, 5.41) is 4.24. The number of anilines is 1. The summed E-state index contributed by atoms with van der Waals surface area (Å²) in [6.07, 6.45) is 3.53. The quantitative estimate of drug-likeness (QED) is 0.351. The van der Waals surface area contributed by atoms with Crippen molar-refractivity contribution in [2.75, 3.05) is 5.32 Å². The third-order valence-corrected chi connectivity index (χ3v) is 6.83. The Morgan fingerprint density at radius 3 is 2.70 bits per heavy atom. The van der Waals surface area contributed by atoms with Crippen LogP contribution in [0.4, 0.5) is 5.00 Å². The number of benzene rings is 1. The van der Waals surface area contributed by atoms with Crippen LogP contribution in [0.2, 0.25) is 10.0 Å². The summed E-state index contributed by atoms with van der Waals surface area (Å²) in [4.78, 5) is 26.8. The van der Waals surface area contributed by atoms with Crippen LogP contribution in [-0.4, -0.2) is 18.0 Å². The van der Waals surface area contributed by atoms with Gasteiger partial charge in [0.1, 0.15) is 23.1 Å². The average Bonchev–Trinajstić information content (AvgIpc) is 3.37. The van der Waals surface area contributed by atoms with Gasteiger partial charge in [0.2, 0.25) is 0 Å². The number of esters is 1. The highest BCUT2D eigenvalue weighted by Crippen LogP contribution is 2.39. The number of amides is 1. The molecule has 0 radical (unpaired) electrons. The van der Waals surface area contributed by atoms with E-state index >= 15 is 0 Å². The van der Waals surface area contributed by atoms with Crippen LogP contribution >= 0.6 is 34.5 Å². The first kappa shape index (κ1) is 23.7. The van der Waals surface area contributed by atoms with Gasteiger partial charge in [-0.05, 0) is 75.4 Å². The van der Waals surface area contributed by atoms with Crippen molar-refractivity contribution in [1.29, 1.82) is 0 Å². The van der Waals surface area contributed by atoms with Gasteiger partial charge >= 0.3 is 5.97 Å². The summed E-state index contributed by atoms with van der Waals surface area (Å²) < 4.78 is 16.7. The number of aryl methyl sites for hydroxylation is 1. The highest BCUT2D eigenvalue weighted by Gasteiger charge is 2.28. The zero-order valence-corrected chi connectivity index (χ0v) is 20.5. The second-order valence-corrected chi connectivity index (χ2v) is 9.90. The molecule has 33 heavy (non-hydrogen) atoms. The lowest BCUT2D eigenvalue weighted by molar-refractivity contribution is 0.0378. The minimum absolute atomic E-state index is 0.0912. The van der Waals surface area contributed by atoms with Gasteiger partial charge in [0.05, 0.1) is 16.7 Å². The molecule has 0 spiro atoms. The van der Waals surface area contributed by atoms with Crippen LogP contribution in [0.5, 0.6) is 5.75 Å². The molecule has 0 bridgehead atoms. The van der Waals surface area contributed by atoms with Gasteiger partial charge in [-0.15, -0.1) is 11.3 Å². The summed E-state index contributed by atoms with van der Waals surface area (Å²) in [6.45, 7) is 3.70. The third-order valence-electron chi connectivity index (χ3n) is 5.09. The maximum absolute atomic E-state index is 12.9. The number of rotatable bonds is 7. The Morgan fingerprint density at radius 2 is 1.94 bits per heavy atom. The molecule has 2 aromatic heterocycles. The molecule has 1 amide bonds. The Balaban J connectivity index is 1.48. The number of carbonyl (C=O) groups excluding carboxylic acids is 2. The van der Waals surface area contributed by atoms with Crippen molar-refractivity contribution < 1.29 is 23.5 Å². The summed E-state index contributed by atoms with van der Waals surface area (Å²) in [6, 6.07) is 8.15. The molecule has 2 heterocycles. The van der Waals surface area contributed by atoms with Crippen molar-refractivity contribution in [3.05, 3.63) is 67.9 Å². The summed E-state index contributed by atoms with van der Waals surface area (Å²) in [5.74, 6) is 0.179. The van der Waals surface area contributed by atoms with Gasteiger partial charge in [0.25, 0.3) is 5.91 Å². The van der Waals surface area contributed by atoms with E-state index < -0.39 is 11.9 Å². The standard InChI is InChI=1S/C24H23Cl2NO5S/c1-13(2)31-24(29)21-16-5-3-4-6-20(16)33-23(21)27-22(28)19-10-8-15(32-19)12-30-18-9-7-14(25)11-17(18)26/h7-11,13H,3-6,12H2,1-2H3,(H,27,28). The van der Waals surface area contributed by atoms with Crippen molar-refractivity contribution in [2.45, 2.75) is 52.2 Å². The van der Waals surface area contributed by atoms with Crippen molar-refractivity contribution in [2.24, 2.45) is 0 Å². The van der Waals surface area contributed by atoms with Crippen LogP contribution in [-0.2, 0) is 24.2 Å². The lowest BCUT2D eigenvalue weighted by Gasteiger charge is -2.14. The van der Waals surface area contributed by atoms with Crippen LogP contribution in [0.1, 0.15) is 63.8 Å².